The smallest absolute Gasteiger partial charge is 0.217 e. The summed E-state index contributed by atoms with van der Waals surface area (Å²) in [5.74, 6) is 0.0887. The predicted octanol–water partition coefficient (Wildman–Crippen LogP) is 3.76. The van der Waals surface area contributed by atoms with Crippen molar-refractivity contribution in [2.75, 3.05) is 19.6 Å². The standard InChI is InChI=1S/C18H25BrN2O/c1-14-16(7-5-8-18(14)19)6-3-4-11-21-12-9-17(10-13-21)20-15(2)22/h3,5-8,17H,4,9-13H2,1-2H3,(H,20,22)/b6-3+. The quantitative estimate of drug-likeness (QED) is 0.862. The Hall–Kier alpha value is -1.13. The molecule has 0 unspecified atom stereocenters. The maximum Gasteiger partial charge on any atom is 0.217 e. The fourth-order valence-electron chi connectivity index (χ4n) is 2.86. The van der Waals surface area contributed by atoms with Crippen LogP contribution < -0.4 is 5.32 Å². The van der Waals surface area contributed by atoms with Crippen LogP contribution in [0.25, 0.3) is 6.08 Å². The summed E-state index contributed by atoms with van der Waals surface area (Å²) in [6.07, 6.45) is 7.66. The van der Waals surface area contributed by atoms with Gasteiger partial charge in [0.15, 0.2) is 0 Å². The van der Waals surface area contributed by atoms with Gasteiger partial charge in [0.05, 0.1) is 0 Å². The Balaban J connectivity index is 1.72. The Morgan fingerprint density at radius 1 is 1.41 bits per heavy atom. The first-order valence-corrected chi connectivity index (χ1v) is 8.76. The molecule has 1 aliphatic rings. The second-order valence-corrected chi connectivity index (χ2v) is 6.82. The molecule has 3 nitrogen and oxygen atoms in total. The minimum Gasteiger partial charge on any atom is -0.354 e. The zero-order valence-corrected chi connectivity index (χ0v) is 15.0. The maximum atomic E-state index is 11.1. The first kappa shape index (κ1) is 17.2. The molecular weight excluding hydrogens is 340 g/mol. The minimum absolute atomic E-state index is 0.0887. The second kappa shape index (κ2) is 8.49. The lowest BCUT2D eigenvalue weighted by atomic mass is 10.0. The molecule has 1 heterocycles. The summed E-state index contributed by atoms with van der Waals surface area (Å²) in [4.78, 5) is 13.5. The summed E-state index contributed by atoms with van der Waals surface area (Å²) in [7, 11) is 0. The fraction of sp³-hybridized carbons (Fsp3) is 0.500. The molecule has 1 fully saturated rings. The summed E-state index contributed by atoms with van der Waals surface area (Å²) < 4.78 is 1.16. The lowest BCUT2D eigenvalue weighted by Crippen LogP contribution is -2.44. The Bertz CT molecular complexity index is 534. The van der Waals surface area contributed by atoms with Crippen LogP contribution in [-0.2, 0) is 4.79 Å². The molecule has 0 aliphatic carbocycles. The summed E-state index contributed by atoms with van der Waals surface area (Å²) in [6, 6.07) is 6.67. The number of benzene rings is 1. The average molecular weight is 365 g/mol. The van der Waals surface area contributed by atoms with E-state index in [-0.39, 0.29) is 5.91 Å². The van der Waals surface area contributed by atoms with Gasteiger partial charge in [0, 0.05) is 37.1 Å². The summed E-state index contributed by atoms with van der Waals surface area (Å²) in [6.45, 7) is 6.98. The number of likely N-dealkylation sites (tertiary alicyclic amines) is 1. The van der Waals surface area contributed by atoms with Crippen molar-refractivity contribution < 1.29 is 4.79 Å². The number of hydrogen-bond acceptors (Lipinski definition) is 2. The molecule has 0 aromatic heterocycles. The maximum absolute atomic E-state index is 11.1. The number of piperidine rings is 1. The SMILES string of the molecule is CC(=O)NC1CCN(CC/C=C/c2cccc(Br)c2C)CC1. The number of nitrogens with zero attached hydrogens (tertiary/aromatic N) is 1. The van der Waals surface area contributed by atoms with Crippen LogP contribution in [-0.4, -0.2) is 36.5 Å². The van der Waals surface area contributed by atoms with Gasteiger partial charge in [-0.25, -0.2) is 0 Å². The monoisotopic (exact) mass is 364 g/mol. The average Bonchev–Trinajstić information content (AvgIpc) is 2.49. The van der Waals surface area contributed by atoms with Crippen molar-refractivity contribution in [1.29, 1.82) is 0 Å². The van der Waals surface area contributed by atoms with E-state index in [1.54, 1.807) is 6.92 Å². The lowest BCUT2D eigenvalue weighted by molar-refractivity contribution is -0.119. The van der Waals surface area contributed by atoms with Gasteiger partial charge in [-0.3, -0.25) is 4.79 Å². The van der Waals surface area contributed by atoms with Crippen molar-refractivity contribution in [2.45, 2.75) is 39.2 Å². The van der Waals surface area contributed by atoms with Crippen molar-refractivity contribution in [1.82, 2.24) is 10.2 Å². The normalized spacial score (nSPS) is 17.0. The van der Waals surface area contributed by atoms with Crippen LogP contribution in [0.1, 0.15) is 37.3 Å². The van der Waals surface area contributed by atoms with Gasteiger partial charge < -0.3 is 10.2 Å². The molecule has 0 atom stereocenters. The molecule has 1 aromatic rings. The molecule has 120 valence electrons. The summed E-state index contributed by atoms with van der Waals surface area (Å²) in [5, 5.41) is 3.02. The number of hydrogen-bond donors (Lipinski definition) is 1. The van der Waals surface area contributed by atoms with Crippen LogP contribution in [0.15, 0.2) is 28.7 Å². The van der Waals surface area contributed by atoms with Gasteiger partial charge >= 0.3 is 0 Å². The molecule has 1 aromatic carbocycles. The van der Waals surface area contributed by atoms with Gasteiger partial charge in [-0.15, -0.1) is 0 Å². The van der Waals surface area contributed by atoms with E-state index in [1.165, 1.54) is 11.1 Å². The Kier molecular flexibility index (Phi) is 6.65. The van der Waals surface area contributed by atoms with Gasteiger partial charge in [0.1, 0.15) is 0 Å². The third-order valence-corrected chi connectivity index (χ3v) is 5.07. The number of nitrogens with one attached hydrogen (secondary N) is 1. The zero-order chi connectivity index (χ0) is 15.9. The van der Waals surface area contributed by atoms with E-state index in [2.05, 4.69) is 63.4 Å². The topological polar surface area (TPSA) is 32.3 Å². The predicted molar refractivity (Wildman–Crippen MR) is 95.8 cm³/mol. The highest BCUT2D eigenvalue weighted by Gasteiger charge is 2.18. The number of carbonyl (C=O) groups excluding carboxylic acids is 1. The Morgan fingerprint density at radius 2 is 2.14 bits per heavy atom. The van der Waals surface area contributed by atoms with Crippen molar-refractivity contribution in [3.8, 4) is 0 Å². The van der Waals surface area contributed by atoms with E-state index in [1.807, 2.05) is 0 Å². The van der Waals surface area contributed by atoms with E-state index < -0.39 is 0 Å². The number of halogens is 1. The molecule has 0 radical (unpaired) electrons. The Labute approximate surface area is 141 Å². The molecule has 22 heavy (non-hydrogen) atoms. The lowest BCUT2D eigenvalue weighted by Gasteiger charge is -2.31. The summed E-state index contributed by atoms with van der Waals surface area (Å²) in [5.41, 5.74) is 2.56. The zero-order valence-electron chi connectivity index (χ0n) is 13.4. The second-order valence-electron chi connectivity index (χ2n) is 5.96. The van der Waals surface area contributed by atoms with Gasteiger partial charge in [-0.05, 0) is 43.4 Å². The fourth-order valence-corrected chi connectivity index (χ4v) is 3.24. The van der Waals surface area contributed by atoms with Crippen LogP contribution in [0.3, 0.4) is 0 Å². The number of carbonyl (C=O) groups is 1. The van der Waals surface area contributed by atoms with Gasteiger partial charge in [0.25, 0.3) is 0 Å². The van der Waals surface area contributed by atoms with Gasteiger partial charge in [-0.1, -0.05) is 40.2 Å². The molecule has 1 saturated heterocycles. The highest BCUT2D eigenvalue weighted by Crippen LogP contribution is 2.20. The third-order valence-electron chi connectivity index (χ3n) is 4.21. The van der Waals surface area contributed by atoms with Crippen LogP contribution in [0.5, 0.6) is 0 Å². The molecule has 1 amide bonds. The minimum atomic E-state index is 0.0887. The molecule has 0 spiro atoms. The molecule has 4 heteroatoms. The summed E-state index contributed by atoms with van der Waals surface area (Å²) >= 11 is 3.57. The molecule has 1 N–H and O–H groups in total. The molecule has 0 saturated carbocycles. The van der Waals surface area contributed by atoms with Crippen LogP contribution in [0, 0.1) is 6.92 Å². The van der Waals surface area contributed by atoms with Crippen molar-refractivity contribution in [3.05, 3.63) is 39.9 Å². The number of amides is 1. The first-order chi connectivity index (χ1) is 10.6. The van der Waals surface area contributed by atoms with E-state index in [0.717, 1.165) is 43.4 Å². The van der Waals surface area contributed by atoms with Crippen LogP contribution in [0.2, 0.25) is 0 Å². The third kappa shape index (κ3) is 5.25. The van der Waals surface area contributed by atoms with E-state index in [0.29, 0.717) is 6.04 Å². The van der Waals surface area contributed by atoms with Gasteiger partial charge in [-0.2, -0.15) is 0 Å². The highest BCUT2D eigenvalue weighted by atomic mass is 79.9. The van der Waals surface area contributed by atoms with E-state index >= 15 is 0 Å². The van der Waals surface area contributed by atoms with Gasteiger partial charge in [0.2, 0.25) is 5.91 Å². The van der Waals surface area contributed by atoms with Crippen molar-refractivity contribution in [2.24, 2.45) is 0 Å². The highest BCUT2D eigenvalue weighted by molar-refractivity contribution is 9.10. The molecule has 1 aliphatic heterocycles. The molecule has 0 bridgehead atoms. The molecule has 2 rings (SSSR count). The van der Waals surface area contributed by atoms with Crippen molar-refractivity contribution in [3.63, 3.8) is 0 Å². The Morgan fingerprint density at radius 3 is 2.82 bits per heavy atom. The van der Waals surface area contributed by atoms with E-state index in [4.69, 9.17) is 0 Å². The van der Waals surface area contributed by atoms with E-state index in [9.17, 15) is 4.79 Å². The largest absolute Gasteiger partial charge is 0.354 e. The van der Waals surface area contributed by atoms with Crippen LogP contribution in [0.4, 0.5) is 0 Å². The number of rotatable bonds is 5. The molecular formula is C18H25BrN2O. The van der Waals surface area contributed by atoms with Crippen LogP contribution >= 0.6 is 15.9 Å². The van der Waals surface area contributed by atoms with Crippen molar-refractivity contribution >= 4 is 27.9 Å². The first-order valence-electron chi connectivity index (χ1n) is 7.97.